The molecule has 126 valence electrons. The van der Waals surface area contributed by atoms with Crippen molar-refractivity contribution in [3.05, 3.63) is 42.4 Å². The minimum Gasteiger partial charge on any atom is -0.352 e. The van der Waals surface area contributed by atoms with Crippen LogP contribution in [0.2, 0.25) is 0 Å². The monoisotopic (exact) mass is 328 g/mol. The van der Waals surface area contributed by atoms with Gasteiger partial charge in [-0.2, -0.15) is 5.10 Å². The molecular formula is C16H20N6O2. The Bertz CT molecular complexity index is 715. The van der Waals surface area contributed by atoms with Crippen molar-refractivity contribution in [2.45, 2.75) is 19.4 Å². The maximum atomic E-state index is 12.3. The third-order valence-corrected chi connectivity index (χ3v) is 4.12. The molecule has 8 heteroatoms. The first-order chi connectivity index (χ1) is 11.6. The van der Waals surface area contributed by atoms with Gasteiger partial charge in [-0.1, -0.05) is 0 Å². The van der Waals surface area contributed by atoms with Gasteiger partial charge in [0.1, 0.15) is 0 Å². The summed E-state index contributed by atoms with van der Waals surface area (Å²) in [5, 5.41) is 7.06. The van der Waals surface area contributed by atoms with Crippen molar-refractivity contribution in [1.82, 2.24) is 25.0 Å². The standard InChI is InChI=1S/C16H20N6O2/c17-16(24)21-7-1-3-13(11-21)15(23)19-10-12-4-6-18-14(9-12)22-8-2-5-20-22/h2,4-6,8-9,13H,1,3,7,10-11H2,(H2,17,24)(H,19,23). The van der Waals surface area contributed by atoms with Crippen molar-refractivity contribution >= 4 is 11.9 Å². The zero-order valence-electron chi connectivity index (χ0n) is 13.3. The molecule has 1 aliphatic rings. The van der Waals surface area contributed by atoms with Gasteiger partial charge in [-0.25, -0.2) is 14.5 Å². The van der Waals surface area contributed by atoms with Gasteiger partial charge in [0, 0.05) is 38.2 Å². The van der Waals surface area contributed by atoms with Crippen LogP contribution < -0.4 is 11.1 Å². The molecule has 0 bridgehead atoms. The van der Waals surface area contributed by atoms with E-state index in [0.29, 0.717) is 25.5 Å². The number of hydrogen-bond donors (Lipinski definition) is 2. The molecule has 3 amide bonds. The van der Waals surface area contributed by atoms with Gasteiger partial charge in [0.2, 0.25) is 5.91 Å². The molecule has 1 atom stereocenters. The second-order valence-electron chi connectivity index (χ2n) is 5.81. The number of nitrogens with one attached hydrogen (secondary N) is 1. The van der Waals surface area contributed by atoms with Gasteiger partial charge in [-0.05, 0) is 36.6 Å². The van der Waals surface area contributed by atoms with Crippen LogP contribution in [0.4, 0.5) is 4.79 Å². The van der Waals surface area contributed by atoms with E-state index < -0.39 is 6.03 Å². The van der Waals surface area contributed by atoms with E-state index in [9.17, 15) is 9.59 Å². The van der Waals surface area contributed by atoms with E-state index in [4.69, 9.17) is 5.73 Å². The predicted octanol–water partition coefficient (Wildman–Crippen LogP) is 0.674. The normalized spacial score (nSPS) is 17.5. The number of rotatable bonds is 4. The number of pyridine rings is 1. The van der Waals surface area contributed by atoms with Crippen LogP contribution >= 0.6 is 0 Å². The molecule has 3 N–H and O–H groups in total. The number of urea groups is 1. The molecule has 3 rings (SSSR count). The topological polar surface area (TPSA) is 106 Å². The summed E-state index contributed by atoms with van der Waals surface area (Å²) in [6.45, 7) is 1.41. The van der Waals surface area contributed by atoms with Crippen molar-refractivity contribution in [1.29, 1.82) is 0 Å². The minimum atomic E-state index is -0.467. The Hall–Kier alpha value is -2.90. The summed E-state index contributed by atoms with van der Waals surface area (Å²) in [4.78, 5) is 29.4. The Balaban J connectivity index is 1.58. The molecule has 1 aliphatic heterocycles. The van der Waals surface area contributed by atoms with E-state index >= 15 is 0 Å². The summed E-state index contributed by atoms with van der Waals surface area (Å²) in [6, 6.07) is 5.09. The van der Waals surface area contributed by atoms with Crippen molar-refractivity contribution in [2.75, 3.05) is 13.1 Å². The lowest BCUT2D eigenvalue weighted by molar-refractivity contribution is -0.126. The minimum absolute atomic E-state index is 0.0570. The van der Waals surface area contributed by atoms with Crippen LogP contribution in [0.3, 0.4) is 0 Å². The van der Waals surface area contributed by atoms with Gasteiger partial charge < -0.3 is 16.0 Å². The lowest BCUT2D eigenvalue weighted by atomic mass is 9.97. The number of likely N-dealkylation sites (tertiary alicyclic amines) is 1. The first-order valence-corrected chi connectivity index (χ1v) is 7.90. The van der Waals surface area contributed by atoms with Crippen molar-refractivity contribution < 1.29 is 9.59 Å². The van der Waals surface area contributed by atoms with Gasteiger partial charge in [0.05, 0.1) is 5.92 Å². The number of amides is 3. The zero-order chi connectivity index (χ0) is 16.9. The Morgan fingerprint density at radius 3 is 3.00 bits per heavy atom. The van der Waals surface area contributed by atoms with E-state index in [1.54, 1.807) is 17.1 Å². The van der Waals surface area contributed by atoms with Crippen molar-refractivity contribution in [2.24, 2.45) is 11.7 Å². The molecule has 2 aromatic rings. The van der Waals surface area contributed by atoms with Crippen LogP contribution in [0, 0.1) is 5.92 Å². The van der Waals surface area contributed by atoms with Crippen molar-refractivity contribution in [3.63, 3.8) is 0 Å². The number of hydrogen-bond acceptors (Lipinski definition) is 4. The molecule has 1 unspecified atom stereocenters. The summed E-state index contributed by atoms with van der Waals surface area (Å²) in [5.74, 6) is 0.432. The number of carbonyl (C=O) groups is 2. The lowest BCUT2D eigenvalue weighted by Crippen LogP contribution is -2.47. The van der Waals surface area contributed by atoms with E-state index in [0.717, 1.165) is 18.4 Å². The van der Waals surface area contributed by atoms with Gasteiger partial charge in [0.15, 0.2) is 5.82 Å². The fraction of sp³-hybridized carbons (Fsp3) is 0.375. The summed E-state index contributed by atoms with van der Waals surface area (Å²) in [5.41, 5.74) is 6.23. The highest BCUT2D eigenvalue weighted by atomic mass is 16.2. The zero-order valence-corrected chi connectivity index (χ0v) is 13.3. The number of primary amides is 1. The molecule has 1 saturated heterocycles. The van der Waals surface area contributed by atoms with Crippen molar-refractivity contribution in [3.8, 4) is 5.82 Å². The Morgan fingerprint density at radius 1 is 1.38 bits per heavy atom. The predicted molar refractivity (Wildman–Crippen MR) is 87.1 cm³/mol. The fourth-order valence-electron chi connectivity index (χ4n) is 2.82. The molecule has 0 aliphatic carbocycles. The molecule has 2 aromatic heterocycles. The molecule has 0 aromatic carbocycles. The van der Waals surface area contributed by atoms with E-state index in [-0.39, 0.29) is 11.8 Å². The second kappa shape index (κ2) is 7.12. The fourth-order valence-corrected chi connectivity index (χ4v) is 2.82. The number of aromatic nitrogens is 3. The Labute approximate surface area is 139 Å². The van der Waals surface area contributed by atoms with E-state index in [1.807, 2.05) is 24.4 Å². The van der Waals surface area contributed by atoms with Gasteiger partial charge in [-0.3, -0.25) is 4.79 Å². The van der Waals surface area contributed by atoms with Crippen LogP contribution in [-0.4, -0.2) is 44.7 Å². The lowest BCUT2D eigenvalue weighted by Gasteiger charge is -2.30. The summed E-state index contributed by atoms with van der Waals surface area (Å²) < 4.78 is 1.66. The highest BCUT2D eigenvalue weighted by Gasteiger charge is 2.27. The molecule has 0 spiro atoms. The number of nitrogens with two attached hydrogens (primary N) is 1. The van der Waals surface area contributed by atoms with Crippen LogP contribution in [-0.2, 0) is 11.3 Å². The first-order valence-electron chi connectivity index (χ1n) is 7.90. The maximum absolute atomic E-state index is 12.3. The molecular weight excluding hydrogens is 308 g/mol. The quantitative estimate of drug-likeness (QED) is 0.860. The summed E-state index contributed by atoms with van der Waals surface area (Å²) in [7, 11) is 0. The number of nitrogens with zero attached hydrogens (tertiary/aromatic N) is 4. The van der Waals surface area contributed by atoms with Gasteiger partial charge in [0.25, 0.3) is 0 Å². The maximum Gasteiger partial charge on any atom is 0.314 e. The van der Waals surface area contributed by atoms with Gasteiger partial charge >= 0.3 is 6.03 Å². The smallest absolute Gasteiger partial charge is 0.314 e. The Kier molecular flexibility index (Phi) is 4.74. The van der Waals surface area contributed by atoms with Crippen LogP contribution in [0.5, 0.6) is 0 Å². The average Bonchev–Trinajstić information content (AvgIpc) is 3.15. The van der Waals surface area contributed by atoms with E-state index in [2.05, 4.69) is 15.4 Å². The molecule has 3 heterocycles. The summed E-state index contributed by atoms with van der Waals surface area (Å²) in [6.07, 6.45) is 6.74. The third-order valence-electron chi connectivity index (χ3n) is 4.12. The molecule has 0 radical (unpaired) electrons. The van der Waals surface area contributed by atoms with Crippen LogP contribution in [0.1, 0.15) is 18.4 Å². The second-order valence-corrected chi connectivity index (χ2v) is 5.81. The summed E-state index contributed by atoms with van der Waals surface area (Å²) >= 11 is 0. The first kappa shape index (κ1) is 16.0. The molecule has 24 heavy (non-hydrogen) atoms. The Morgan fingerprint density at radius 2 is 2.25 bits per heavy atom. The molecule has 8 nitrogen and oxygen atoms in total. The average molecular weight is 328 g/mol. The van der Waals surface area contributed by atoms with E-state index in [1.165, 1.54) is 4.90 Å². The third kappa shape index (κ3) is 3.70. The van der Waals surface area contributed by atoms with Crippen LogP contribution in [0.25, 0.3) is 5.82 Å². The SMILES string of the molecule is NC(=O)N1CCCC(C(=O)NCc2ccnc(-n3cccn3)c2)C1. The number of carbonyl (C=O) groups excluding carboxylic acids is 2. The molecule has 0 saturated carbocycles. The largest absolute Gasteiger partial charge is 0.352 e. The highest BCUT2D eigenvalue weighted by molar-refractivity contribution is 5.80. The number of piperidine rings is 1. The van der Waals surface area contributed by atoms with Crippen LogP contribution in [0.15, 0.2) is 36.8 Å². The highest BCUT2D eigenvalue weighted by Crippen LogP contribution is 2.16. The van der Waals surface area contributed by atoms with Gasteiger partial charge in [-0.15, -0.1) is 0 Å². The molecule has 1 fully saturated rings.